The topological polar surface area (TPSA) is 70.7 Å². The Hall–Kier alpha value is -2.99. The molecule has 4 rings (SSSR count). The summed E-state index contributed by atoms with van der Waals surface area (Å²) in [6.07, 6.45) is 1.71. The maximum absolute atomic E-state index is 12.4. The van der Waals surface area contributed by atoms with Crippen LogP contribution in [-0.2, 0) is 6.54 Å². The Morgan fingerprint density at radius 1 is 1.12 bits per heavy atom. The van der Waals surface area contributed by atoms with Crippen molar-refractivity contribution in [2.24, 2.45) is 0 Å². The zero-order valence-corrected chi connectivity index (χ0v) is 13.5. The molecule has 5 nitrogen and oxygen atoms in total. The highest BCUT2D eigenvalue weighted by Crippen LogP contribution is 2.23. The number of hydrogen-bond acceptors (Lipinski definition) is 4. The van der Waals surface area contributed by atoms with Crippen molar-refractivity contribution < 1.29 is 4.79 Å². The predicted octanol–water partition coefficient (Wildman–Crippen LogP) is 3.62. The van der Waals surface area contributed by atoms with Gasteiger partial charge in [-0.05, 0) is 6.07 Å². The summed E-state index contributed by atoms with van der Waals surface area (Å²) in [6.45, 7) is 0.396. The van der Waals surface area contributed by atoms with E-state index in [-0.39, 0.29) is 5.91 Å². The van der Waals surface area contributed by atoms with Crippen LogP contribution >= 0.6 is 11.3 Å². The first-order chi connectivity index (χ1) is 11.8. The average Bonchev–Trinajstić information content (AvgIpc) is 3.29. The molecule has 2 heterocycles. The van der Waals surface area contributed by atoms with Crippen molar-refractivity contribution in [1.82, 2.24) is 20.5 Å². The maximum Gasteiger partial charge on any atom is 0.253 e. The van der Waals surface area contributed by atoms with Gasteiger partial charge >= 0.3 is 0 Å². The lowest BCUT2D eigenvalue weighted by Crippen LogP contribution is -2.23. The van der Waals surface area contributed by atoms with Gasteiger partial charge in [0.25, 0.3) is 5.91 Å². The number of fused-ring (bicyclic) bond motifs is 1. The van der Waals surface area contributed by atoms with E-state index in [9.17, 15) is 4.79 Å². The molecule has 0 saturated heterocycles. The van der Waals surface area contributed by atoms with Gasteiger partial charge < -0.3 is 5.32 Å². The number of carbonyl (C=O) groups is 1. The summed E-state index contributed by atoms with van der Waals surface area (Å²) in [5, 5.41) is 13.6. The fourth-order valence-corrected chi connectivity index (χ4v) is 3.35. The number of nitrogens with zero attached hydrogens (tertiary/aromatic N) is 2. The molecule has 0 aliphatic heterocycles. The minimum absolute atomic E-state index is 0.140. The molecule has 6 heteroatoms. The van der Waals surface area contributed by atoms with Gasteiger partial charge in [0.05, 0.1) is 29.5 Å². The lowest BCUT2D eigenvalue weighted by Gasteiger charge is -2.04. The second kappa shape index (κ2) is 6.25. The molecule has 4 aromatic rings. The number of H-pyrrole nitrogens is 1. The van der Waals surface area contributed by atoms with E-state index in [0.29, 0.717) is 12.1 Å². The second-order valence-electron chi connectivity index (χ2n) is 5.33. The molecule has 2 N–H and O–H groups in total. The number of aromatic nitrogens is 3. The zero-order chi connectivity index (χ0) is 16.4. The zero-order valence-electron chi connectivity index (χ0n) is 12.7. The number of hydrogen-bond donors (Lipinski definition) is 2. The Kier molecular flexibility index (Phi) is 3.80. The highest BCUT2D eigenvalue weighted by atomic mass is 32.1. The summed E-state index contributed by atoms with van der Waals surface area (Å²) in [4.78, 5) is 17.0. The number of carbonyl (C=O) groups excluding carboxylic acids is 1. The Bertz CT molecular complexity index is 990. The average molecular weight is 334 g/mol. The molecule has 0 radical (unpaired) electrons. The fourth-order valence-electron chi connectivity index (χ4n) is 2.53. The van der Waals surface area contributed by atoms with Crippen molar-refractivity contribution in [2.45, 2.75) is 6.54 Å². The van der Waals surface area contributed by atoms with Crippen molar-refractivity contribution in [2.75, 3.05) is 0 Å². The van der Waals surface area contributed by atoms with E-state index >= 15 is 0 Å². The van der Waals surface area contributed by atoms with Gasteiger partial charge in [-0.2, -0.15) is 5.10 Å². The standard InChI is InChI=1S/C18H14N4OS/c23-17(15-8-4-7-13-9-20-22-16(13)15)19-10-14-11-24-18(21-14)12-5-2-1-3-6-12/h1-9,11H,10H2,(H,19,23)(H,20,22). The third-order valence-corrected chi connectivity index (χ3v) is 4.66. The Morgan fingerprint density at radius 3 is 2.88 bits per heavy atom. The van der Waals surface area contributed by atoms with Crippen LogP contribution in [0.15, 0.2) is 60.1 Å². The van der Waals surface area contributed by atoms with Gasteiger partial charge in [0.2, 0.25) is 0 Å². The lowest BCUT2D eigenvalue weighted by atomic mass is 10.1. The Labute approximate surface area is 142 Å². The van der Waals surface area contributed by atoms with Gasteiger partial charge in [-0.1, -0.05) is 42.5 Å². The quantitative estimate of drug-likeness (QED) is 0.599. The van der Waals surface area contributed by atoms with Gasteiger partial charge in [-0.15, -0.1) is 11.3 Å². The summed E-state index contributed by atoms with van der Waals surface area (Å²) >= 11 is 1.58. The van der Waals surface area contributed by atoms with Gasteiger partial charge in [-0.3, -0.25) is 9.89 Å². The van der Waals surface area contributed by atoms with Gasteiger partial charge in [0.15, 0.2) is 0 Å². The van der Waals surface area contributed by atoms with Crippen molar-refractivity contribution in [1.29, 1.82) is 0 Å². The number of rotatable bonds is 4. The van der Waals surface area contributed by atoms with Gasteiger partial charge in [0.1, 0.15) is 5.01 Å². The van der Waals surface area contributed by atoms with E-state index in [1.54, 1.807) is 23.6 Å². The lowest BCUT2D eigenvalue weighted by molar-refractivity contribution is 0.0952. The number of benzene rings is 2. The number of amides is 1. The van der Waals surface area contributed by atoms with Crippen LogP contribution in [0.5, 0.6) is 0 Å². The fraction of sp³-hybridized carbons (Fsp3) is 0.0556. The van der Waals surface area contributed by atoms with Gasteiger partial charge in [-0.25, -0.2) is 4.98 Å². The van der Waals surface area contributed by atoms with E-state index in [1.165, 1.54) is 0 Å². The minimum Gasteiger partial charge on any atom is -0.346 e. The second-order valence-corrected chi connectivity index (χ2v) is 6.19. The maximum atomic E-state index is 12.4. The number of aromatic amines is 1. The highest BCUT2D eigenvalue weighted by Gasteiger charge is 2.12. The van der Waals surface area contributed by atoms with Crippen molar-refractivity contribution in [3.8, 4) is 10.6 Å². The van der Waals surface area contributed by atoms with E-state index in [4.69, 9.17) is 0 Å². The molecule has 2 aromatic carbocycles. The molecule has 0 atom stereocenters. The Balaban J connectivity index is 1.48. The molecule has 0 aliphatic carbocycles. The predicted molar refractivity (Wildman–Crippen MR) is 94.8 cm³/mol. The largest absolute Gasteiger partial charge is 0.346 e. The summed E-state index contributed by atoms with van der Waals surface area (Å²) in [5.41, 5.74) is 3.27. The third-order valence-electron chi connectivity index (χ3n) is 3.72. The number of thiazole rings is 1. The highest BCUT2D eigenvalue weighted by molar-refractivity contribution is 7.13. The summed E-state index contributed by atoms with van der Waals surface area (Å²) in [7, 11) is 0. The van der Waals surface area contributed by atoms with E-state index in [2.05, 4.69) is 20.5 Å². The first kappa shape index (κ1) is 14.6. The molecular formula is C18H14N4OS. The summed E-state index contributed by atoms with van der Waals surface area (Å²) < 4.78 is 0. The van der Waals surface area contributed by atoms with Crippen LogP contribution in [0.4, 0.5) is 0 Å². The van der Waals surface area contributed by atoms with Crippen LogP contribution in [0.2, 0.25) is 0 Å². The molecular weight excluding hydrogens is 320 g/mol. The van der Waals surface area contributed by atoms with Gasteiger partial charge in [0, 0.05) is 16.3 Å². The van der Waals surface area contributed by atoms with Crippen LogP contribution < -0.4 is 5.32 Å². The molecule has 2 aromatic heterocycles. The van der Waals surface area contributed by atoms with E-state index < -0.39 is 0 Å². The Morgan fingerprint density at radius 2 is 2.00 bits per heavy atom. The first-order valence-electron chi connectivity index (χ1n) is 7.51. The molecule has 0 bridgehead atoms. The monoisotopic (exact) mass is 334 g/mol. The SMILES string of the molecule is O=C(NCc1csc(-c2ccccc2)n1)c1cccc2cn[nH]c12. The molecule has 0 spiro atoms. The molecule has 24 heavy (non-hydrogen) atoms. The van der Waals surface area contributed by atoms with Crippen LogP contribution in [0, 0.1) is 0 Å². The van der Waals surface area contributed by atoms with Crippen LogP contribution in [0.25, 0.3) is 21.5 Å². The summed E-state index contributed by atoms with van der Waals surface area (Å²) in [5.74, 6) is -0.140. The smallest absolute Gasteiger partial charge is 0.253 e. The van der Waals surface area contributed by atoms with Crippen LogP contribution in [0.1, 0.15) is 16.1 Å². The normalized spacial score (nSPS) is 10.8. The molecule has 1 amide bonds. The van der Waals surface area contributed by atoms with Crippen molar-refractivity contribution >= 4 is 28.1 Å². The van der Waals surface area contributed by atoms with E-state index in [1.807, 2.05) is 47.8 Å². The first-order valence-corrected chi connectivity index (χ1v) is 8.39. The van der Waals surface area contributed by atoms with E-state index in [0.717, 1.165) is 27.2 Å². The number of para-hydroxylation sites is 1. The molecule has 0 unspecified atom stereocenters. The molecule has 0 saturated carbocycles. The van der Waals surface area contributed by atoms with Crippen LogP contribution in [-0.4, -0.2) is 21.1 Å². The number of nitrogens with one attached hydrogen (secondary N) is 2. The molecule has 0 aliphatic rings. The van der Waals surface area contributed by atoms with Crippen LogP contribution in [0.3, 0.4) is 0 Å². The minimum atomic E-state index is -0.140. The molecule has 118 valence electrons. The van der Waals surface area contributed by atoms with Crippen molar-refractivity contribution in [3.05, 3.63) is 71.4 Å². The van der Waals surface area contributed by atoms with Crippen molar-refractivity contribution in [3.63, 3.8) is 0 Å². The third kappa shape index (κ3) is 2.79. The molecule has 0 fully saturated rings. The summed E-state index contributed by atoms with van der Waals surface area (Å²) in [6, 6.07) is 15.6.